The van der Waals surface area contributed by atoms with E-state index in [0.29, 0.717) is 18.6 Å². The normalized spacial score (nSPS) is 25.9. The van der Waals surface area contributed by atoms with Crippen molar-refractivity contribution in [1.29, 1.82) is 0 Å². The maximum Gasteiger partial charge on any atom is 0.186 e. The molecule has 3 atom stereocenters. The fourth-order valence-electron chi connectivity index (χ4n) is 1.89. The summed E-state index contributed by atoms with van der Waals surface area (Å²) < 4.78 is 10.3. The first-order valence-electron chi connectivity index (χ1n) is 6.85. The summed E-state index contributed by atoms with van der Waals surface area (Å²) in [4.78, 5) is 18.5. The predicted octanol–water partition coefficient (Wildman–Crippen LogP) is 0.0869. The molecule has 0 bridgehead atoms. The zero-order valence-electron chi connectivity index (χ0n) is 11.6. The van der Waals surface area contributed by atoms with E-state index in [1.165, 1.54) is 0 Å². The van der Waals surface area contributed by atoms with Gasteiger partial charge in [0.15, 0.2) is 12.6 Å². The summed E-state index contributed by atoms with van der Waals surface area (Å²) in [6, 6.07) is 0. The van der Waals surface area contributed by atoms with Gasteiger partial charge in [-0.1, -0.05) is 0 Å². The monoisotopic (exact) mass is 316 g/mol. The van der Waals surface area contributed by atoms with E-state index in [1.807, 2.05) is 0 Å². The third-order valence-electron chi connectivity index (χ3n) is 3.01. The van der Waals surface area contributed by atoms with Crippen LogP contribution in [0.15, 0.2) is 12.5 Å². The number of ether oxygens (including phenoxy) is 2. The molecular formula is C13H20N2O5S. The molecule has 1 aliphatic rings. The number of imidazole rings is 1. The third-order valence-corrected chi connectivity index (χ3v) is 4.10. The Labute approximate surface area is 127 Å². The van der Waals surface area contributed by atoms with Crippen molar-refractivity contribution in [1.82, 2.24) is 9.97 Å². The van der Waals surface area contributed by atoms with Crippen LogP contribution in [-0.4, -0.2) is 62.8 Å². The molecule has 2 heterocycles. The minimum atomic E-state index is -1.18. The second-order valence-corrected chi connectivity index (χ2v) is 5.98. The Morgan fingerprint density at radius 3 is 3.10 bits per heavy atom. The Morgan fingerprint density at radius 1 is 1.52 bits per heavy atom. The quantitative estimate of drug-likeness (QED) is 0.584. The van der Waals surface area contributed by atoms with Crippen LogP contribution in [0.1, 0.15) is 18.5 Å². The number of H-pyrrole nitrogens is 1. The lowest BCUT2D eigenvalue weighted by molar-refractivity contribution is -0.300. The van der Waals surface area contributed by atoms with Crippen LogP contribution in [0, 0.1) is 0 Å². The van der Waals surface area contributed by atoms with Crippen molar-refractivity contribution in [2.45, 2.75) is 37.9 Å². The molecule has 0 aromatic carbocycles. The van der Waals surface area contributed by atoms with E-state index in [0.717, 1.165) is 17.9 Å². The van der Waals surface area contributed by atoms with E-state index >= 15 is 0 Å². The highest BCUT2D eigenvalue weighted by Gasteiger charge is 2.28. The maximum atomic E-state index is 11.7. The molecule has 118 valence electrons. The van der Waals surface area contributed by atoms with Gasteiger partial charge in [0.05, 0.1) is 12.9 Å². The summed E-state index contributed by atoms with van der Waals surface area (Å²) in [5.74, 6) is 1.57. The number of rotatable bonds is 8. The number of nitrogens with one attached hydrogen (secondary N) is 1. The van der Waals surface area contributed by atoms with Gasteiger partial charge in [-0.2, -0.15) is 11.8 Å². The molecule has 0 radical (unpaired) electrons. The molecule has 1 aliphatic heterocycles. The zero-order chi connectivity index (χ0) is 15.1. The van der Waals surface area contributed by atoms with Crippen molar-refractivity contribution in [2.24, 2.45) is 0 Å². The molecule has 0 amide bonds. The predicted molar refractivity (Wildman–Crippen MR) is 76.7 cm³/mol. The number of aromatic nitrogens is 2. The van der Waals surface area contributed by atoms with Crippen LogP contribution >= 0.6 is 11.8 Å². The van der Waals surface area contributed by atoms with Crippen molar-refractivity contribution < 1.29 is 24.5 Å². The van der Waals surface area contributed by atoms with Crippen LogP contribution in [0.25, 0.3) is 0 Å². The molecule has 0 spiro atoms. The fourth-order valence-corrected chi connectivity index (χ4v) is 2.78. The molecule has 3 unspecified atom stereocenters. The first-order chi connectivity index (χ1) is 10.1. The molecule has 1 aromatic heterocycles. The molecule has 2 rings (SSSR count). The molecule has 1 fully saturated rings. The summed E-state index contributed by atoms with van der Waals surface area (Å²) in [5, 5.41) is 18.6. The number of thioether (sulfide) groups is 1. The van der Waals surface area contributed by atoms with Gasteiger partial charge in [0.1, 0.15) is 11.9 Å². The summed E-state index contributed by atoms with van der Waals surface area (Å²) in [6.07, 6.45) is 2.26. The van der Waals surface area contributed by atoms with Crippen molar-refractivity contribution in [3.8, 4) is 0 Å². The van der Waals surface area contributed by atoms with Gasteiger partial charge in [-0.3, -0.25) is 4.79 Å². The number of Topliss-reactive ketones (excluding diaryl/α,β-unsaturated/α-hetero) is 1. The van der Waals surface area contributed by atoms with E-state index in [2.05, 4.69) is 9.97 Å². The third kappa shape index (κ3) is 5.76. The lowest BCUT2D eigenvalue weighted by atomic mass is 10.1. The number of ketones is 1. The van der Waals surface area contributed by atoms with Gasteiger partial charge in [-0.05, 0) is 12.2 Å². The Bertz CT molecular complexity index is 428. The van der Waals surface area contributed by atoms with E-state index < -0.39 is 18.7 Å². The second kappa shape index (κ2) is 8.50. The van der Waals surface area contributed by atoms with Gasteiger partial charge < -0.3 is 24.7 Å². The average molecular weight is 316 g/mol. The Hall–Kier alpha value is -0.930. The molecule has 8 heteroatoms. The molecule has 0 saturated carbocycles. The van der Waals surface area contributed by atoms with Crippen LogP contribution < -0.4 is 0 Å². The van der Waals surface area contributed by atoms with Gasteiger partial charge >= 0.3 is 0 Å². The number of aromatic amines is 1. The number of carbonyl (C=O) groups excluding carboxylic acids is 1. The van der Waals surface area contributed by atoms with Crippen LogP contribution in [0.4, 0.5) is 0 Å². The Balaban J connectivity index is 1.51. The van der Waals surface area contributed by atoms with Gasteiger partial charge in [0.25, 0.3) is 0 Å². The first kappa shape index (κ1) is 16.4. The highest BCUT2D eigenvalue weighted by molar-refractivity contribution is 7.99. The van der Waals surface area contributed by atoms with E-state index in [1.54, 1.807) is 24.3 Å². The van der Waals surface area contributed by atoms with E-state index in [-0.39, 0.29) is 12.4 Å². The largest absolute Gasteiger partial charge is 0.385 e. The zero-order valence-corrected chi connectivity index (χ0v) is 12.4. The lowest BCUT2D eigenvalue weighted by Gasteiger charge is -2.30. The van der Waals surface area contributed by atoms with Crippen molar-refractivity contribution >= 4 is 17.5 Å². The van der Waals surface area contributed by atoms with Gasteiger partial charge in [0, 0.05) is 30.5 Å². The maximum absolute atomic E-state index is 11.7. The second-order valence-electron chi connectivity index (χ2n) is 4.83. The number of aliphatic hydroxyl groups is 2. The number of nitrogens with zero attached hydrogens (tertiary/aromatic N) is 1. The first-order valence-corrected chi connectivity index (χ1v) is 8.00. The van der Waals surface area contributed by atoms with Crippen molar-refractivity contribution in [3.05, 3.63) is 18.2 Å². The van der Waals surface area contributed by atoms with Crippen LogP contribution in [0.5, 0.6) is 0 Å². The molecule has 1 aromatic rings. The minimum absolute atomic E-state index is 0.0784. The smallest absolute Gasteiger partial charge is 0.186 e. The standard InChI is InChI=1S/C13H20N2O5S/c16-10(4-9-5-14-8-15-9)2-1-3-21-7-12-19-6-11(17)13(18)20-12/h5,8,11-13,17-18H,1-4,6-7H2,(H,14,15). The summed E-state index contributed by atoms with van der Waals surface area (Å²) >= 11 is 1.60. The van der Waals surface area contributed by atoms with Crippen LogP contribution in [0.2, 0.25) is 0 Å². The molecular weight excluding hydrogens is 296 g/mol. The molecule has 7 nitrogen and oxygen atoms in total. The van der Waals surface area contributed by atoms with Crippen molar-refractivity contribution in [3.63, 3.8) is 0 Å². The SMILES string of the molecule is O=C(CCCSCC1OCC(O)C(O)O1)Cc1cnc[nH]1. The van der Waals surface area contributed by atoms with Gasteiger partial charge in [-0.15, -0.1) is 0 Å². The fraction of sp³-hybridized carbons (Fsp3) is 0.692. The number of hydrogen-bond donors (Lipinski definition) is 3. The average Bonchev–Trinajstić information content (AvgIpc) is 2.95. The van der Waals surface area contributed by atoms with Gasteiger partial charge in [0.2, 0.25) is 0 Å². The van der Waals surface area contributed by atoms with E-state index in [4.69, 9.17) is 9.47 Å². The molecule has 1 saturated heterocycles. The summed E-state index contributed by atoms with van der Waals surface area (Å²) in [5.41, 5.74) is 0.837. The molecule has 3 N–H and O–H groups in total. The van der Waals surface area contributed by atoms with E-state index in [9.17, 15) is 15.0 Å². The van der Waals surface area contributed by atoms with Crippen LogP contribution in [-0.2, 0) is 20.7 Å². The minimum Gasteiger partial charge on any atom is -0.385 e. The summed E-state index contributed by atoms with van der Waals surface area (Å²) in [6.45, 7) is 0.0784. The van der Waals surface area contributed by atoms with Crippen LogP contribution in [0.3, 0.4) is 0 Å². The van der Waals surface area contributed by atoms with Crippen molar-refractivity contribution in [2.75, 3.05) is 18.1 Å². The van der Waals surface area contributed by atoms with Gasteiger partial charge in [-0.25, -0.2) is 4.98 Å². The highest BCUT2D eigenvalue weighted by Crippen LogP contribution is 2.16. The number of aliphatic hydroxyl groups excluding tert-OH is 2. The lowest BCUT2D eigenvalue weighted by Crippen LogP contribution is -2.44. The topological polar surface area (TPSA) is 105 Å². The molecule has 21 heavy (non-hydrogen) atoms. The summed E-state index contributed by atoms with van der Waals surface area (Å²) in [7, 11) is 0. The number of carbonyl (C=O) groups is 1. The molecule has 0 aliphatic carbocycles. The Kier molecular flexibility index (Phi) is 6.65. The number of hydrogen-bond acceptors (Lipinski definition) is 7. The Morgan fingerprint density at radius 2 is 2.38 bits per heavy atom. The highest BCUT2D eigenvalue weighted by atomic mass is 32.2.